The van der Waals surface area contributed by atoms with E-state index >= 15 is 0 Å². The molecule has 5 rings (SSSR count). The number of carbonyl (C=O) groups is 2. The summed E-state index contributed by atoms with van der Waals surface area (Å²) >= 11 is 6.22. The van der Waals surface area contributed by atoms with Crippen LogP contribution in [0.15, 0.2) is 24.5 Å². The van der Waals surface area contributed by atoms with Crippen LogP contribution >= 0.6 is 11.6 Å². The first kappa shape index (κ1) is 28.9. The van der Waals surface area contributed by atoms with Crippen LogP contribution in [0.25, 0.3) is 0 Å². The second-order valence-electron chi connectivity index (χ2n) is 12.4. The van der Waals surface area contributed by atoms with Gasteiger partial charge in [0.05, 0.1) is 40.5 Å². The third kappa shape index (κ3) is 5.00. The largest absolute Gasteiger partial charge is 0.481 e. The van der Waals surface area contributed by atoms with Crippen molar-refractivity contribution >= 4 is 23.5 Å². The molecule has 0 aliphatic heterocycles. The Morgan fingerprint density at radius 2 is 1.82 bits per heavy atom. The molecule has 1 unspecified atom stereocenters. The maximum atomic E-state index is 14.5. The number of fused-ring (bicyclic) bond motifs is 1. The molecule has 3 aliphatic rings. The van der Waals surface area contributed by atoms with Crippen LogP contribution in [0.2, 0.25) is 5.02 Å². The van der Waals surface area contributed by atoms with Gasteiger partial charge in [0.25, 0.3) is 5.91 Å². The first-order valence-electron chi connectivity index (χ1n) is 13.6. The van der Waals surface area contributed by atoms with Crippen molar-refractivity contribution in [3.8, 4) is 0 Å². The number of aromatic nitrogens is 3. The number of halogens is 4. The Morgan fingerprint density at radius 1 is 1.20 bits per heavy atom. The Labute approximate surface area is 235 Å². The first-order valence-corrected chi connectivity index (χ1v) is 14.0. The summed E-state index contributed by atoms with van der Waals surface area (Å²) in [5.41, 5.74) is -2.43. The molecule has 2 aromatic rings. The molecule has 0 spiro atoms. The lowest BCUT2D eigenvalue weighted by molar-refractivity contribution is -0.152. The molecule has 2 N–H and O–H groups in total. The van der Waals surface area contributed by atoms with E-state index < -0.39 is 46.9 Å². The van der Waals surface area contributed by atoms with Crippen LogP contribution in [0.3, 0.4) is 0 Å². The highest BCUT2D eigenvalue weighted by Gasteiger charge is 2.63. The highest BCUT2D eigenvalue weighted by molar-refractivity contribution is 6.31. The summed E-state index contributed by atoms with van der Waals surface area (Å²) in [6.45, 7) is 5.64. The van der Waals surface area contributed by atoms with Gasteiger partial charge in [0, 0.05) is 12.2 Å². The van der Waals surface area contributed by atoms with Gasteiger partial charge in [0.1, 0.15) is 6.10 Å². The van der Waals surface area contributed by atoms with E-state index in [2.05, 4.69) is 23.9 Å². The molecule has 0 aromatic carbocycles. The lowest BCUT2D eigenvalue weighted by Gasteiger charge is -2.35. The van der Waals surface area contributed by atoms with Gasteiger partial charge in [-0.25, -0.2) is 0 Å². The van der Waals surface area contributed by atoms with Crippen LogP contribution in [0, 0.1) is 22.7 Å². The maximum absolute atomic E-state index is 14.5. The molecule has 3 fully saturated rings. The Balaban J connectivity index is 1.46. The van der Waals surface area contributed by atoms with E-state index in [4.69, 9.17) is 11.6 Å². The smallest absolute Gasteiger partial charge is 0.433 e. The lowest BCUT2D eigenvalue weighted by Crippen LogP contribution is -2.43. The van der Waals surface area contributed by atoms with Crippen molar-refractivity contribution in [1.82, 2.24) is 19.7 Å². The van der Waals surface area contributed by atoms with E-state index in [1.165, 1.54) is 11.1 Å². The molecule has 0 bridgehead atoms. The third-order valence-corrected chi connectivity index (χ3v) is 10.0. The number of carboxylic acid groups (broad SMARTS) is 1. The fourth-order valence-corrected chi connectivity index (χ4v) is 7.22. The van der Waals surface area contributed by atoms with Crippen molar-refractivity contribution in [2.24, 2.45) is 22.7 Å². The first-order chi connectivity index (χ1) is 18.6. The van der Waals surface area contributed by atoms with Crippen LogP contribution in [0.4, 0.5) is 13.2 Å². The zero-order valence-corrected chi connectivity index (χ0v) is 23.4. The van der Waals surface area contributed by atoms with Crippen molar-refractivity contribution in [1.29, 1.82) is 0 Å². The summed E-state index contributed by atoms with van der Waals surface area (Å²) in [6.07, 6.45) is -1.67. The maximum Gasteiger partial charge on any atom is 0.433 e. The molecular formula is C28H34ClF3N4O4. The molecule has 4 atom stereocenters. The normalized spacial score (nSPS) is 30.0. The molecule has 2 aromatic heterocycles. The fourth-order valence-electron chi connectivity index (χ4n) is 6.98. The molecule has 40 heavy (non-hydrogen) atoms. The minimum atomic E-state index is -4.87. The van der Waals surface area contributed by atoms with Crippen molar-refractivity contribution in [2.45, 2.75) is 83.7 Å². The number of nitrogens with zero attached hydrogens (tertiary/aromatic N) is 4. The van der Waals surface area contributed by atoms with Crippen LogP contribution < -0.4 is 0 Å². The van der Waals surface area contributed by atoms with Gasteiger partial charge in [0.15, 0.2) is 5.69 Å². The van der Waals surface area contributed by atoms with E-state index in [-0.39, 0.29) is 54.4 Å². The summed E-state index contributed by atoms with van der Waals surface area (Å²) in [5.74, 6) is -1.10. The Hall–Kier alpha value is -2.66. The summed E-state index contributed by atoms with van der Waals surface area (Å²) < 4.78 is 44.4. The molecule has 12 heteroatoms. The van der Waals surface area contributed by atoms with E-state index in [1.807, 2.05) is 0 Å². The van der Waals surface area contributed by atoms with Gasteiger partial charge in [0.2, 0.25) is 0 Å². The van der Waals surface area contributed by atoms with Gasteiger partial charge in [-0.1, -0.05) is 25.4 Å². The second kappa shape index (κ2) is 10.0. The second-order valence-corrected chi connectivity index (χ2v) is 12.9. The van der Waals surface area contributed by atoms with Crippen LogP contribution in [-0.2, 0) is 11.0 Å². The molecule has 0 radical (unpaired) electrons. The average molecular weight is 583 g/mol. The van der Waals surface area contributed by atoms with Gasteiger partial charge in [-0.05, 0) is 74.8 Å². The number of aliphatic carboxylic acids is 1. The molecule has 0 saturated heterocycles. The summed E-state index contributed by atoms with van der Waals surface area (Å²) in [4.78, 5) is 31.1. The molecule has 2 heterocycles. The standard InChI is InChI=1S/C28H34ClF3N4O4/c1-26(2)18-11-16(12-19(18)26)35(14-21(37)22-20(29)5-4-10-33-22)24(38)17-13-34-36(23(17)28(30,31)32)15-6-8-27(3,9-7-15)25(39)40/h4-5,10,13,15-16,18-19,21,37H,6-9,11-12,14H2,1-3H3,(H,39,40)/t15-,16-,18-,19+,21?,27-. The van der Waals surface area contributed by atoms with Crippen LogP contribution in [0.5, 0.6) is 0 Å². The number of carbonyl (C=O) groups excluding carboxylic acids is 1. The molecule has 3 saturated carbocycles. The third-order valence-electron chi connectivity index (χ3n) is 9.73. The Kier molecular flexibility index (Phi) is 7.22. The summed E-state index contributed by atoms with van der Waals surface area (Å²) in [5, 5.41) is 24.8. The topological polar surface area (TPSA) is 109 Å². The average Bonchev–Trinajstić information content (AvgIpc) is 3.31. The number of amides is 1. The number of pyridine rings is 1. The highest BCUT2D eigenvalue weighted by atomic mass is 35.5. The van der Waals surface area contributed by atoms with Gasteiger partial charge >= 0.3 is 12.1 Å². The monoisotopic (exact) mass is 582 g/mol. The molecule has 8 nitrogen and oxygen atoms in total. The van der Waals surface area contributed by atoms with Gasteiger partial charge in [-0.15, -0.1) is 0 Å². The molecule has 3 aliphatic carbocycles. The zero-order valence-electron chi connectivity index (χ0n) is 22.7. The number of hydrogen-bond acceptors (Lipinski definition) is 5. The SMILES string of the molecule is CC1(C)[C@@H]2C[C@@H](N(CC(O)c3ncccc3Cl)C(=O)c3cnn([C@H]4CC[C@](C)(C(=O)O)CC4)c3C(F)(F)F)C[C@@H]21. The number of rotatable bonds is 7. The summed E-state index contributed by atoms with van der Waals surface area (Å²) in [7, 11) is 0. The van der Waals surface area contributed by atoms with Gasteiger partial charge in [-0.2, -0.15) is 18.3 Å². The number of aliphatic hydroxyl groups is 1. The number of alkyl halides is 3. The minimum absolute atomic E-state index is 0.127. The number of aliphatic hydroxyl groups excluding tert-OH is 1. The van der Waals surface area contributed by atoms with Crippen molar-refractivity contribution in [3.05, 3.63) is 46.5 Å². The highest BCUT2D eigenvalue weighted by Crippen LogP contribution is 2.67. The van der Waals surface area contributed by atoms with Crippen molar-refractivity contribution in [2.75, 3.05) is 6.54 Å². The predicted octanol–water partition coefficient (Wildman–Crippen LogP) is 5.77. The zero-order chi connectivity index (χ0) is 29.2. The van der Waals surface area contributed by atoms with E-state index in [0.29, 0.717) is 24.7 Å². The molecular weight excluding hydrogens is 549 g/mol. The quantitative estimate of drug-likeness (QED) is 0.429. The van der Waals surface area contributed by atoms with Crippen LogP contribution in [-0.4, -0.2) is 54.3 Å². The van der Waals surface area contributed by atoms with Crippen molar-refractivity contribution in [3.63, 3.8) is 0 Å². The van der Waals surface area contributed by atoms with E-state index in [0.717, 1.165) is 10.9 Å². The van der Waals surface area contributed by atoms with E-state index in [9.17, 15) is 33.0 Å². The number of hydrogen-bond donors (Lipinski definition) is 2. The number of carboxylic acids is 1. The lowest BCUT2D eigenvalue weighted by atomic mass is 9.74. The molecule has 218 valence electrons. The Morgan fingerprint density at radius 3 is 2.38 bits per heavy atom. The van der Waals surface area contributed by atoms with Gasteiger partial charge in [-0.3, -0.25) is 19.3 Å². The van der Waals surface area contributed by atoms with Crippen LogP contribution in [0.1, 0.15) is 93.2 Å². The Bertz CT molecular complexity index is 1290. The minimum Gasteiger partial charge on any atom is -0.481 e. The van der Waals surface area contributed by atoms with Gasteiger partial charge < -0.3 is 15.1 Å². The fraction of sp³-hybridized carbons (Fsp3) is 0.643. The summed E-state index contributed by atoms with van der Waals surface area (Å²) in [6, 6.07) is 2.13. The van der Waals surface area contributed by atoms with E-state index in [1.54, 1.807) is 19.1 Å². The van der Waals surface area contributed by atoms with Crippen molar-refractivity contribution < 1.29 is 33.0 Å². The predicted molar refractivity (Wildman–Crippen MR) is 140 cm³/mol. The molecule has 1 amide bonds.